The first-order chi connectivity index (χ1) is 14.8. The molecule has 2 aromatic carbocycles. The van der Waals surface area contributed by atoms with Crippen LogP contribution in [0, 0.1) is 11.6 Å². The zero-order chi connectivity index (χ0) is 22.3. The maximum atomic E-state index is 14.8. The summed E-state index contributed by atoms with van der Waals surface area (Å²) in [4.78, 5) is 12.8. The molecule has 0 saturated carbocycles. The molecule has 162 valence electrons. The molecule has 1 amide bonds. The predicted molar refractivity (Wildman–Crippen MR) is 113 cm³/mol. The quantitative estimate of drug-likeness (QED) is 0.562. The normalized spacial score (nSPS) is 15.2. The highest BCUT2D eigenvalue weighted by atomic mass is 35.5. The highest BCUT2D eigenvalue weighted by Gasteiger charge is 2.36. The molecule has 0 aliphatic heterocycles. The van der Waals surface area contributed by atoms with E-state index in [-0.39, 0.29) is 27.7 Å². The molecule has 0 saturated heterocycles. The molecule has 1 aliphatic carbocycles. The monoisotopic (exact) mass is 466 g/mol. The van der Waals surface area contributed by atoms with E-state index in [2.05, 4.69) is 10.4 Å². The maximum Gasteiger partial charge on any atom is 0.255 e. The number of nitrogens with zero attached hydrogens (tertiary/aromatic N) is 3. The van der Waals surface area contributed by atoms with Gasteiger partial charge in [-0.2, -0.15) is 5.10 Å². The number of aromatic nitrogens is 2. The third-order valence-electron chi connectivity index (χ3n) is 5.13. The molecular formula is C20H17ClF2N4O3S. The van der Waals surface area contributed by atoms with Crippen molar-refractivity contribution in [2.24, 2.45) is 7.05 Å². The fraction of sp³-hybridized carbons (Fsp3) is 0.200. The topological polar surface area (TPSA) is 84.3 Å². The molecule has 7 nitrogen and oxygen atoms in total. The van der Waals surface area contributed by atoms with Crippen LogP contribution >= 0.6 is 11.6 Å². The van der Waals surface area contributed by atoms with Crippen molar-refractivity contribution in [3.8, 4) is 0 Å². The van der Waals surface area contributed by atoms with Crippen molar-refractivity contribution >= 4 is 39.9 Å². The predicted octanol–water partition coefficient (Wildman–Crippen LogP) is 3.62. The number of carbonyl (C=O) groups is 1. The number of anilines is 2. The van der Waals surface area contributed by atoms with Gasteiger partial charge in [-0.15, -0.1) is 0 Å². The van der Waals surface area contributed by atoms with E-state index in [0.717, 1.165) is 16.4 Å². The van der Waals surface area contributed by atoms with Crippen molar-refractivity contribution in [2.75, 3.05) is 9.62 Å². The number of amides is 1. The molecule has 1 heterocycles. The van der Waals surface area contributed by atoms with E-state index < -0.39 is 34.5 Å². The molecule has 4 rings (SSSR count). The molecule has 3 aromatic rings. The smallest absolute Gasteiger partial charge is 0.255 e. The van der Waals surface area contributed by atoms with Gasteiger partial charge < -0.3 is 5.32 Å². The Morgan fingerprint density at radius 2 is 1.97 bits per heavy atom. The van der Waals surface area contributed by atoms with E-state index in [1.54, 1.807) is 13.2 Å². The van der Waals surface area contributed by atoms with E-state index in [1.807, 2.05) is 0 Å². The van der Waals surface area contributed by atoms with Gasteiger partial charge in [-0.3, -0.25) is 9.48 Å². The van der Waals surface area contributed by atoms with E-state index >= 15 is 0 Å². The lowest BCUT2D eigenvalue weighted by atomic mass is 10.0. The van der Waals surface area contributed by atoms with Crippen LogP contribution in [0.3, 0.4) is 0 Å². The minimum Gasteiger partial charge on any atom is -0.322 e. The zero-order valence-corrected chi connectivity index (χ0v) is 17.8. The van der Waals surface area contributed by atoms with Gasteiger partial charge in [0.05, 0.1) is 11.1 Å². The number of hydrogen-bond donors (Lipinski definition) is 2. The van der Waals surface area contributed by atoms with Gasteiger partial charge in [0, 0.05) is 36.1 Å². The summed E-state index contributed by atoms with van der Waals surface area (Å²) in [6.07, 6.45) is 2.18. The summed E-state index contributed by atoms with van der Waals surface area (Å²) in [5.74, 6) is -1.58. The van der Waals surface area contributed by atoms with Gasteiger partial charge in [-0.25, -0.2) is 21.5 Å². The third kappa shape index (κ3) is 4.00. The highest BCUT2D eigenvalue weighted by molar-refractivity contribution is 7.74. The number of carbonyl (C=O) groups excluding carboxylic acids is 1. The molecule has 1 atom stereocenters. The van der Waals surface area contributed by atoms with Crippen molar-refractivity contribution < 1.29 is 22.0 Å². The van der Waals surface area contributed by atoms with Gasteiger partial charge in [0.1, 0.15) is 11.6 Å². The average Bonchev–Trinajstić information content (AvgIpc) is 3.33. The largest absolute Gasteiger partial charge is 0.322 e. The Morgan fingerprint density at radius 3 is 2.61 bits per heavy atom. The Balaban J connectivity index is 1.70. The molecule has 31 heavy (non-hydrogen) atoms. The van der Waals surface area contributed by atoms with Crippen LogP contribution < -0.4 is 9.62 Å². The number of fused-ring (bicyclic) bond motifs is 1. The van der Waals surface area contributed by atoms with Crippen LogP contribution in [0.15, 0.2) is 42.6 Å². The first kappa shape index (κ1) is 21.3. The molecule has 0 radical (unpaired) electrons. The van der Waals surface area contributed by atoms with E-state index in [9.17, 15) is 22.0 Å². The lowest BCUT2D eigenvalue weighted by molar-refractivity contribution is 0.102. The number of rotatable bonds is 5. The van der Waals surface area contributed by atoms with E-state index in [0.29, 0.717) is 18.4 Å². The summed E-state index contributed by atoms with van der Waals surface area (Å²) in [6, 6.07) is 6.94. The third-order valence-corrected chi connectivity index (χ3v) is 6.26. The maximum absolute atomic E-state index is 14.8. The molecule has 0 unspecified atom stereocenters. The van der Waals surface area contributed by atoms with Gasteiger partial charge in [-0.1, -0.05) is 11.6 Å². The van der Waals surface area contributed by atoms with Crippen LogP contribution in [-0.2, 0) is 24.4 Å². The number of benzene rings is 2. The van der Waals surface area contributed by atoms with Gasteiger partial charge in [0.2, 0.25) is 10.9 Å². The molecule has 1 aliphatic rings. The Morgan fingerprint density at radius 1 is 1.23 bits per heavy atom. The van der Waals surface area contributed by atoms with Crippen molar-refractivity contribution in [3.63, 3.8) is 0 Å². The average molecular weight is 467 g/mol. The van der Waals surface area contributed by atoms with Crippen molar-refractivity contribution in [3.05, 3.63) is 75.9 Å². The van der Waals surface area contributed by atoms with Crippen LogP contribution in [0.25, 0.3) is 0 Å². The summed E-state index contributed by atoms with van der Waals surface area (Å²) in [7, 11) is -1.46. The van der Waals surface area contributed by atoms with Crippen molar-refractivity contribution in [1.82, 2.24) is 9.78 Å². The minimum atomic E-state index is -3.11. The summed E-state index contributed by atoms with van der Waals surface area (Å²) in [6.45, 7) is 0. The Labute approximate surface area is 183 Å². The van der Waals surface area contributed by atoms with Crippen LogP contribution in [-0.4, -0.2) is 24.1 Å². The van der Waals surface area contributed by atoms with Gasteiger partial charge in [0.15, 0.2) is 5.82 Å². The van der Waals surface area contributed by atoms with Crippen LogP contribution in [0.4, 0.5) is 20.3 Å². The molecule has 11 heteroatoms. The second-order valence-electron chi connectivity index (χ2n) is 7.05. The Bertz CT molecular complexity index is 1250. The molecule has 0 spiro atoms. The number of hydrogen-bond acceptors (Lipinski definition) is 4. The zero-order valence-electron chi connectivity index (χ0n) is 16.2. The van der Waals surface area contributed by atoms with Gasteiger partial charge in [0.25, 0.3) is 5.91 Å². The van der Waals surface area contributed by atoms with E-state index in [1.165, 1.54) is 28.9 Å². The standard InChI is InChI=1S/C20H17ClF2N4O3S/c1-26-9-8-18(25-26)27(31(29)30)17-7-4-12-13(3-6-16(23)19(12)17)20(28)24-11-2-5-15(22)14(21)10-11/h2-3,5-6,8-10,17,31H,4,7H2,1H3,(H,24,28)/t17-/m0/s1. The fourth-order valence-electron chi connectivity index (χ4n) is 3.80. The number of halogens is 3. The second-order valence-corrected chi connectivity index (χ2v) is 8.37. The number of nitrogens with one attached hydrogen (secondary N) is 1. The first-order valence-corrected chi connectivity index (χ1v) is 10.8. The lowest BCUT2D eigenvalue weighted by Crippen LogP contribution is -2.27. The lowest BCUT2D eigenvalue weighted by Gasteiger charge is -2.24. The molecule has 0 bridgehead atoms. The molecule has 1 aromatic heterocycles. The van der Waals surface area contributed by atoms with Crippen molar-refractivity contribution in [2.45, 2.75) is 18.9 Å². The number of thiol groups is 1. The Hall–Kier alpha value is -2.98. The van der Waals surface area contributed by atoms with Gasteiger partial charge in [-0.05, 0) is 48.7 Å². The molecular weight excluding hydrogens is 450 g/mol. The van der Waals surface area contributed by atoms with Crippen LogP contribution in [0.5, 0.6) is 0 Å². The SMILES string of the molecule is Cn1ccc(N([C@H]2CCc3c(C(=O)Nc4ccc(F)c(Cl)c4)ccc(F)c32)[SH](=O)=O)n1. The summed E-state index contributed by atoms with van der Waals surface area (Å²) in [5, 5.41) is 6.59. The minimum absolute atomic E-state index is 0.146. The summed E-state index contributed by atoms with van der Waals surface area (Å²) < 4.78 is 54.7. The summed E-state index contributed by atoms with van der Waals surface area (Å²) >= 11 is 5.75. The van der Waals surface area contributed by atoms with E-state index in [4.69, 9.17) is 11.6 Å². The number of aryl methyl sites for hydroxylation is 1. The van der Waals surface area contributed by atoms with Gasteiger partial charge >= 0.3 is 0 Å². The summed E-state index contributed by atoms with van der Waals surface area (Å²) in [5.41, 5.74) is 1.06. The fourth-order valence-corrected chi connectivity index (χ4v) is 4.72. The molecule has 0 fully saturated rings. The Kier molecular flexibility index (Phi) is 5.67. The van der Waals surface area contributed by atoms with Crippen molar-refractivity contribution in [1.29, 1.82) is 0 Å². The molecule has 1 N–H and O–H groups in total. The second kappa shape index (κ2) is 8.27. The highest BCUT2D eigenvalue weighted by Crippen LogP contribution is 2.41. The van der Waals surface area contributed by atoms with Crippen LogP contribution in [0.1, 0.15) is 33.9 Å². The van der Waals surface area contributed by atoms with Crippen LogP contribution in [0.2, 0.25) is 5.02 Å². The first-order valence-electron chi connectivity index (χ1n) is 9.27.